The zero-order valence-electron chi connectivity index (χ0n) is 8.87. The molecule has 1 heterocycles. The third-order valence-corrected chi connectivity index (χ3v) is 1.93. The molecule has 6 nitrogen and oxygen atoms in total. The summed E-state index contributed by atoms with van der Waals surface area (Å²) in [5.41, 5.74) is 3.81. The smallest absolute Gasteiger partial charge is 0.481 e. The lowest BCUT2D eigenvalue weighted by Gasteiger charge is -2.13. The second-order valence-corrected chi connectivity index (χ2v) is 3.29. The Kier molecular flexibility index (Phi) is 3.96. The maximum Gasteiger partial charge on any atom is 0.573 e. The van der Waals surface area contributed by atoms with Gasteiger partial charge in [-0.2, -0.15) is 0 Å². The molecule has 0 aliphatic rings. The number of hydrogen-bond donors (Lipinski definition) is 3. The highest BCUT2D eigenvalue weighted by molar-refractivity contribution is 5.70. The number of carboxylic acid groups (broad SMARTS) is 1. The number of pyridine rings is 1. The maximum absolute atomic E-state index is 12.1. The molecule has 0 aliphatic heterocycles. The molecule has 0 atom stereocenters. The van der Waals surface area contributed by atoms with Crippen LogP contribution >= 0.6 is 0 Å². The van der Waals surface area contributed by atoms with E-state index in [1.165, 1.54) is 0 Å². The summed E-state index contributed by atoms with van der Waals surface area (Å²) in [4.78, 5) is 23.8. The lowest BCUT2D eigenvalue weighted by Crippen LogP contribution is -2.24. The topological polar surface area (TPSA) is 105 Å². The summed E-state index contributed by atoms with van der Waals surface area (Å²) in [7, 11) is 0. The number of aromatic nitrogens is 1. The molecule has 18 heavy (non-hydrogen) atoms. The van der Waals surface area contributed by atoms with E-state index in [-0.39, 0.29) is 12.1 Å². The molecule has 0 amide bonds. The van der Waals surface area contributed by atoms with Crippen LogP contribution in [0.1, 0.15) is 11.3 Å². The molecule has 4 N–H and O–H groups in total. The molecule has 1 aromatic heterocycles. The fraction of sp³-hybridized carbons (Fsp3) is 0.333. The van der Waals surface area contributed by atoms with Crippen LogP contribution in [0.4, 0.5) is 13.2 Å². The first-order valence-corrected chi connectivity index (χ1v) is 4.65. The Morgan fingerprint density at radius 1 is 1.50 bits per heavy atom. The third-order valence-electron chi connectivity index (χ3n) is 1.93. The number of alkyl halides is 3. The molecule has 100 valence electrons. The summed E-state index contributed by atoms with van der Waals surface area (Å²) in [5, 5.41) is 8.52. The minimum atomic E-state index is -4.99. The van der Waals surface area contributed by atoms with Crippen LogP contribution < -0.4 is 16.0 Å². The summed E-state index contributed by atoms with van der Waals surface area (Å²) in [6, 6.07) is 0.782. The molecular weight excluding hydrogens is 257 g/mol. The largest absolute Gasteiger partial charge is 0.573 e. The Morgan fingerprint density at radius 3 is 2.56 bits per heavy atom. The Labute approximate surface area is 98.2 Å². The van der Waals surface area contributed by atoms with E-state index in [1.54, 1.807) is 0 Å². The molecular formula is C9H9F3N2O4. The van der Waals surface area contributed by atoms with Crippen molar-refractivity contribution in [2.24, 2.45) is 5.73 Å². The second kappa shape index (κ2) is 5.08. The number of halogens is 3. The van der Waals surface area contributed by atoms with Gasteiger partial charge in [-0.3, -0.25) is 9.59 Å². The van der Waals surface area contributed by atoms with Gasteiger partial charge in [0.2, 0.25) is 0 Å². The van der Waals surface area contributed by atoms with Crippen molar-refractivity contribution in [2.45, 2.75) is 19.3 Å². The van der Waals surface area contributed by atoms with Crippen LogP contribution in [0.15, 0.2) is 10.9 Å². The van der Waals surface area contributed by atoms with Gasteiger partial charge in [0.05, 0.1) is 12.1 Å². The first kappa shape index (κ1) is 14.0. The van der Waals surface area contributed by atoms with Crippen LogP contribution in [-0.2, 0) is 17.8 Å². The first-order chi connectivity index (χ1) is 8.23. The van der Waals surface area contributed by atoms with Crippen LogP contribution in [-0.4, -0.2) is 22.4 Å². The summed E-state index contributed by atoms with van der Waals surface area (Å²) >= 11 is 0. The van der Waals surface area contributed by atoms with E-state index in [4.69, 9.17) is 10.8 Å². The molecule has 0 spiro atoms. The highest BCUT2D eigenvalue weighted by atomic mass is 19.4. The predicted octanol–water partition coefficient (Wildman–Crippen LogP) is 0.359. The quantitative estimate of drug-likeness (QED) is 0.729. The molecule has 1 rings (SSSR count). The van der Waals surface area contributed by atoms with Crippen LogP contribution in [0.5, 0.6) is 5.75 Å². The van der Waals surface area contributed by atoms with Crippen LogP contribution in [0.2, 0.25) is 0 Å². The van der Waals surface area contributed by atoms with E-state index >= 15 is 0 Å². The summed E-state index contributed by atoms with van der Waals surface area (Å²) in [6.45, 7) is -0.295. The van der Waals surface area contributed by atoms with Crippen molar-refractivity contribution >= 4 is 5.97 Å². The van der Waals surface area contributed by atoms with Crippen molar-refractivity contribution < 1.29 is 27.8 Å². The van der Waals surface area contributed by atoms with E-state index in [2.05, 4.69) is 4.74 Å². The van der Waals surface area contributed by atoms with Gasteiger partial charge in [-0.1, -0.05) is 0 Å². The second-order valence-electron chi connectivity index (χ2n) is 3.29. The SMILES string of the molecule is NCc1cc(OC(F)(F)F)c(CC(=O)O)[nH]c1=O. The zero-order chi connectivity index (χ0) is 13.9. The Bertz CT molecular complexity index is 510. The summed E-state index contributed by atoms with van der Waals surface area (Å²) in [6.07, 6.45) is -5.79. The van der Waals surface area contributed by atoms with Gasteiger partial charge < -0.3 is 20.6 Å². The Morgan fingerprint density at radius 2 is 2.11 bits per heavy atom. The molecule has 9 heteroatoms. The molecule has 1 aromatic rings. The van der Waals surface area contributed by atoms with Gasteiger partial charge in [0.25, 0.3) is 5.56 Å². The van der Waals surface area contributed by atoms with Crippen molar-refractivity contribution in [3.8, 4) is 5.75 Å². The lowest BCUT2D eigenvalue weighted by molar-refractivity contribution is -0.275. The fourth-order valence-electron chi connectivity index (χ4n) is 1.24. The highest BCUT2D eigenvalue weighted by Gasteiger charge is 2.32. The molecule has 0 bridgehead atoms. The lowest BCUT2D eigenvalue weighted by atomic mass is 10.2. The number of aliphatic carboxylic acids is 1. The number of H-pyrrole nitrogens is 1. The maximum atomic E-state index is 12.1. The molecule has 0 fully saturated rings. The fourth-order valence-corrected chi connectivity index (χ4v) is 1.24. The Balaban J connectivity index is 3.25. The highest BCUT2D eigenvalue weighted by Crippen LogP contribution is 2.25. The molecule has 0 unspecified atom stereocenters. The minimum absolute atomic E-state index is 0.136. The first-order valence-electron chi connectivity index (χ1n) is 4.65. The van der Waals surface area contributed by atoms with Crippen molar-refractivity contribution in [1.29, 1.82) is 0 Å². The number of aromatic amines is 1. The number of carboxylic acids is 1. The van der Waals surface area contributed by atoms with Gasteiger partial charge in [-0.15, -0.1) is 13.2 Å². The number of nitrogens with two attached hydrogens (primary N) is 1. The van der Waals surface area contributed by atoms with Gasteiger partial charge in [0, 0.05) is 12.1 Å². The van der Waals surface area contributed by atoms with E-state index in [0.29, 0.717) is 0 Å². The monoisotopic (exact) mass is 266 g/mol. The predicted molar refractivity (Wildman–Crippen MR) is 53.0 cm³/mol. The standard InChI is InChI=1S/C9H9F3N2O4/c10-9(11,12)18-6-1-4(3-13)8(17)14-5(6)2-7(15)16/h1H,2-3,13H2,(H,14,17)(H,15,16). The van der Waals surface area contributed by atoms with E-state index < -0.39 is 35.8 Å². The molecule has 0 saturated carbocycles. The number of carbonyl (C=O) groups is 1. The average molecular weight is 266 g/mol. The number of ether oxygens (including phenoxy) is 1. The van der Waals surface area contributed by atoms with E-state index in [1.807, 2.05) is 4.98 Å². The Hall–Kier alpha value is -2.03. The van der Waals surface area contributed by atoms with Gasteiger partial charge in [-0.25, -0.2) is 0 Å². The van der Waals surface area contributed by atoms with E-state index in [9.17, 15) is 22.8 Å². The minimum Gasteiger partial charge on any atom is -0.481 e. The van der Waals surface area contributed by atoms with Crippen LogP contribution in [0.25, 0.3) is 0 Å². The van der Waals surface area contributed by atoms with Crippen LogP contribution in [0, 0.1) is 0 Å². The van der Waals surface area contributed by atoms with Gasteiger partial charge in [0.15, 0.2) is 0 Å². The number of rotatable bonds is 4. The normalized spacial score (nSPS) is 11.3. The zero-order valence-corrected chi connectivity index (χ0v) is 8.87. The average Bonchev–Trinajstić information content (AvgIpc) is 2.19. The van der Waals surface area contributed by atoms with Gasteiger partial charge in [0.1, 0.15) is 5.75 Å². The summed E-state index contributed by atoms with van der Waals surface area (Å²) < 4.78 is 39.9. The van der Waals surface area contributed by atoms with Gasteiger partial charge >= 0.3 is 12.3 Å². The van der Waals surface area contributed by atoms with Crippen molar-refractivity contribution in [3.05, 3.63) is 27.7 Å². The number of hydrogen-bond acceptors (Lipinski definition) is 4. The van der Waals surface area contributed by atoms with E-state index in [0.717, 1.165) is 6.07 Å². The number of nitrogens with one attached hydrogen (secondary N) is 1. The van der Waals surface area contributed by atoms with Crippen molar-refractivity contribution in [2.75, 3.05) is 0 Å². The van der Waals surface area contributed by atoms with Crippen LogP contribution in [0.3, 0.4) is 0 Å². The van der Waals surface area contributed by atoms with Gasteiger partial charge in [-0.05, 0) is 6.07 Å². The summed E-state index contributed by atoms with van der Waals surface area (Å²) in [5.74, 6) is -2.18. The molecule has 0 aliphatic carbocycles. The van der Waals surface area contributed by atoms with Crippen molar-refractivity contribution in [3.63, 3.8) is 0 Å². The molecule has 0 radical (unpaired) electrons. The molecule has 0 aromatic carbocycles. The third kappa shape index (κ3) is 3.77. The van der Waals surface area contributed by atoms with Crippen molar-refractivity contribution in [1.82, 2.24) is 4.98 Å². The molecule has 0 saturated heterocycles.